The Labute approximate surface area is 184 Å². The van der Waals surface area contributed by atoms with E-state index in [1.807, 2.05) is 0 Å². The fraction of sp³-hybridized carbons (Fsp3) is 0.333. The third kappa shape index (κ3) is 3.06. The average molecular weight is 463 g/mol. The zero-order valence-electron chi connectivity index (χ0n) is 17.5. The number of ether oxygens (including phenoxy) is 1. The highest BCUT2D eigenvalue weighted by atomic mass is 32.2. The maximum Gasteiger partial charge on any atom is 0.239 e. The van der Waals surface area contributed by atoms with Crippen LogP contribution in [-0.2, 0) is 22.2 Å². The number of halogens is 2. The molecule has 2 fully saturated rings. The topological polar surface area (TPSA) is 97.9 Å². The number of guanidine groups is 1. The molecule has 3 aliphatic heterocycles. The molecule has 0 radical (unpaired) electrons. The second-order valence-corrected chi connectivity index (χ2v) is 10.6. The Balaban J connectivity index is 1.40. The highest BCUT2D eigenvalue weighted by molar-refractivity contribution is 7.89. The van der Waals surface area contributed by atoms with E-state index in [0.717, 1.165) is 22.2 Å². The van der Waals surface area contributed by atoms with Gasteiger partial charge < -0.3 is 10.5 Å². The molecule has 8 nitrogen and oxygen atoms in total. The number of aliphatic imine (C=N–C) groups is 1. The summed E-state index contributed by atoms with van der Waals surface area (Å²) in [5.41, 5.74) is 6.79. The molecule has 2 unspecified atom stereocenters. The standard InChI is InChI=1S/C21H22F2N5O3S/c1-12-17-9-28(12,17)14-7-18(23)25-19(8-14)31-10-13-4-5-16(22)15(6-13)21(2)11-32(29,30)27(3)20(24)26-21/h4-8,17H,1,9-11H2,2-3H3,(H2,24,26)/q+1/t17?,21-,28?/m0/s1. The van der Waals surface area contributed by atoms with Crippen molar-refractivity contribution in [1.82, 2.24) is 13.8 Å². The number of quaternary nitrogens is 1. The van der Waals surface area contributed by atoms with Gasteiger partial charge in [-0.05, 0) is 31.2 Å². The average Bonchev–Trinajstić information content (AvgIpc) is 3.60. The van der Waals surface area contributed by atoms with Crippen molar-refractivity contribution in [1.29, 1.82) is 0 Å². The van der Waals surface area contributed by atoms with Gasteiger partial charge in [0.05, 0.1) is 17.9 Å². The van der Waals surface area contributed by atoms with E-state index in [1.165, 1.54) is 38.2 Å². The van der Waals surface area contributed by atoms with E-state index in [9.17, 15) is 17.2 Å². The van der Waals surface area contributed by atoms with Gasteiger partial charge in [-0.25, -0.2) is 26.6 Å². The van der Waals surface area contributed by atoms with Gasteiger partial charge in [-0.3, -0.25) is 0 Å². The van der Waals surface area contributed by atoms with E-state index in [-0.39, 0.29) is 24.0 Å². The molecule has 32 heavy (non-hydrogen) atoms. The summed E-state index contributed by atoms with van der Waals surface area (Å²) in [6.07, 6.45) is 0. The van der Waals surface area contributed by atoms with Crippen molar-refractivity contribution >= 4 is 21.7 Å². The highest BCUT2D eigenvalue weighted by Gasteiger charge is 2.81. The van der Waals surface area contributed by atoms with Gasteiger partial charge in [-0.2, -0.15) is 9.37 Å². The zero-order chi connectivity index (χ0) is 23.1. The highest BCUT2D eigenvalue weighted by Crippen LogP contribution is 2.61. The summed E-state index contributed by atoms with van der Waals surface area (Å²) in [5.74, 6) is -1.79. The number of sulfonamides is 1. The molecule has 1 aromatic carbocycles. The zero-order valence-corrected chi connectivity index (χ0v) is 18.4. The van der Waals surface area contributed by atoms with Gasteiger partial charge in [-0.15, -0.1) is 0 Å². The summed E-state index contributed by atoms with van der Waals surface area (Å²) in [6.45, 7) is 6.38. The molecule has 0 aliphatic carbocycles. The van der Waals surface area contributed by atoms with Crippen LogP contribution in [0.5, 0.6) is 5.88 Å². The molecule has 0 saturated carbocycles. The van der Waals surface area contributed by atoms with Gasteiger partial charge in [0, 0.05) is 12.6 Å². The van der Waals surface area contributed by atoms with Gasteiger partial charge in [0.2, 0.25) is 33.9 Å². The van der Waals surface area contributed by atoms with Crippen molar-refractivity contribution in [3.05, 3.63) is 65.5 Å². The van der Waals surface area contributed by atoms with E-state index in [2.05, 4.69) is 16.6 Å². The van der Waals surface area contributed by atoms with Crippen molar-refractivity contribution in [3.63, 3.8) is 0 Å². The number of nitrogens with two attached hydrogens (primary N) is 1. The number of fused-ring (bicyclic) bond motifs is 1. The summed E-state index contributed by atoms with van der Waals surface area (Å²) < 4.78 is 60.7. The van der Waals surface area contributed by atoms with Crippen LogP contribution in [0.15, 0.2) is 47.6 Å². The lowest BCUT2D eigenvalue weighted by molar-refractivity contribution is 0.288. The number of pyridine rings is 1. The van der Waals surface area contributed by atoms with Crippen molar-refractivity contribution in [2.24, 2.45) is 10.7 Å². The summed E-state index contributed by atoms with van der Waals surface area (Å²) in [6, 6.07) is 7.64. The number of hydrogen-bond acceptors (Lipinski definition) is 6. The van der Waals surface area contributed by atoms with Crippen molar-refractivity contribution in [2.75, 3.05) is 19.3 Å². The van der Waals surface area contributed by atoms with Crippen LogP contribution in [0.3, 0.4) is 0 Å². The van der Waals surface area contributed by atoms with Gasteiger partial charge in [0.25, 0.3) is 0 Å². The molecule has 3 atom stereocenters. The molecule has 5 rings (SSSR count). The Morgan fingerprint density at radius 1 is 1.34 bits per heavy atom. The predicted molar refractivity (Wildman–Crippen MR) is 115 cm³/mol. The van der Waals surface area contributed by atoms with Crippen molar-refractivity contribution in [3.8, 4) is 5.88 Å². The SMILES string of the molecule is C=C1C2C[N+]12c1cc(F)nc(OCc2ccc(F)c([C@]3(C)CS(=O)(=O)N(C)C(N)=N3)c2)c1. The summed E-state index contributed by atoms with van der Waals surface area (Å²) in [7, 11) is -2.45. The van der Waals surface area contributed by atoms with Gasteiger partial charge >= 0.3 is 0 Å². The van der Waals surface area contributed by atoms with E-state index in [1.54, 1.807) is 6.07 Å². The second kappa shape index (κ2) is 6.48. The Hall–Kier alpha value is -3.05. The fourth-order valence-electron chi connectivity index (χ4n) is 4.32. The lowest BCUT2D eigenvalue weighted by Gasteiger charge is -2.34. The van der Waals surface area contributed by atoms with Gasteiger partial charge in [-0.1, -0.05) is 6.07 Å². The van der Waals surface area contributed by atoms with Crippen LogP contribution < -0.4 is 15.0 Å². The van der Waals surface area contributed by atoms with Crippen LogP contribution in [0, 0.1) is 11.8 Å². The second-order valence-electron chi connectivity index (χ2n) is 8.62. The van der Waals surface area contributed by atoms with Gasteiger partial charge in [0.15, 0.2) is 12.2 Å². The first-order valence-corrected chi connectivity index (χ1v) is 11.6. The monoisotopic (exact) mass is 462 g/mol. The summed E-state index contributed by atoms with van der Waals surface area (Å²) in [5, 5.41) is 0. The van der Waals surface area contributed by atoms with Crippen LogP contribution in [0.25, 0.3) is 0 Å². The first-order chi connectivity index (χ1) is 15.0. The van der Waals surface area contributed by atoms with E-state index >= 15 is 0 Å². The first-order valence-electron chi connectivity index (χ1n) is 9.95. The van der Waals surface area contributed by atoms with Gasteiger partial charge in [0.1, 0.15) is 23.7 Å². The Morgan fingerprint density at radius 3 is 2.69 bits per heavy atom. The Kier molecular flexibility index (Phi) is 4.22. The number of hydrogen-bond donors (Lipinski definition) is 1. The third-order valence-electron chi connectivity index (χ3n) is 6.47. The molecule has 4 heterocycles. The molecule has 2 N–H and O–H groups in total. The van der Waals surface area contributed by atoms with Crippen LogP contribution in [0.1, 0.15) is 18.1 Å². The lowest BCUT2D eigenvalue weighted by atomic mass is 9.92. The van der Waals surface area contributed by atoms with Crippen LogP contribution in [0.2, 0.25) is 0 Å². The van der Waals surface area contributed by atoms with Crippen molar-refractivity contribution < 1.29 is 21.9 Å². The van der Waals surface area contributed by atoms with E-state index in [4.69, 9.17) is 10.5 Å². The molecule has 3 aliphatic rings. The largest absolute Gasteiger partial charge is 0.473 e. The van der Waals surface area contributed by atoms with Crippen LogP contribution in [-0.4, -0.2) is 49.1 Å². The van der Waals surface area contributed by atoms with E-state index < -0.39 is 33.1 Å². The smallest absolute Gasteiger partial charge is 0.239 e. The Bertz CT molecular complexity index is 1310. The lowest BCUT2D eigenvalue weighted by Crippen LogP contribution is -2.50. The van der Waals surface area contributed by atoms with Crippen LogP contribution in [0.4, 0.5) is 14.5 Å². The normalized spacial score (nSPS) is 29.9. The molecule has 1 aromatic heterocycles. The molecule has 168 valence electrons. The number of rotatable bonds is 5. The molecule has 0 bridgehead atoms. The molecular formula is C21H22F2N5O3S+. The minimum absolute atomic E-state index is 0.0184. The van der Waals surface area contributed by atoms with Crippen LogP contribution >= 0.6 is 0 Å². The first kappa shape index (κ1) is 20.8. The number of nitrogens with zero attached hydrogens (tertiary/aromatic N) is 4. The maximum atomic E-state index is 14.7. The summed E-state index contributed by atoms with van der Waals surface area (Å²) >= 11 is 0. The molecule has 11 heteroatoms. The Morgan fingerprint density at radius 2 is 2.06 bits per heavy atom. The van der Waals surface area contributed by atoms with E-state index in [0.29, 0.717) is 16.1 Å². The fourth-order valence-corrected chi connectivity index (χ4v) is 5.77. The molecule has 2 aromatic rings. The number of aromatic nitrogens is 1. The maximum absolute atomic E-state index is 14.7. The predicted octanol–water partition coefficient (Wildman–Crippen LogP) is 1.96. The minimum atomic E-state index is -3.75. The molecular weight excluding hydrogens is 440 g/mol. The van der Waals surface area contributed by atoms with Crippen molar-refractivity contribution in [2.45, 2.75) is 25.1 Å². The number of benzene rings is 1. The minimum Gasteiger partial charge on any atom is -0.473 e. The quantitative estimate of drug-likeness (QED) is 0.416. The molecule has 0 amide bonds. The molecule has 0 spiro atoms. The third-order valence-corrected chi connectivity index (χ3v) is 8.42. The summed E-state index contributed by atoms with van der Waals surface area (Å²) in [4.78, 5) is 8.03. The molecule has 2 saturated heterocycles.